The van der Waals surface area contributed by atoms with E-state index in [0.29, 0.717) is 31.0 Å². The molecule has 2 N–H and O–H groups in total. The van der Waals surface area contributed by atoms with Crippen molar-refractivity contribution >= 4 is 29.7 Å². The van der Waals surface area contributed by atoms with E-state index < -0.39 is 5.97 Å². The van der Waals surface area contributed by atoms with Crippen molar-refractivity contribution < 1.29 is 19.5 Å². The lowest BCUT2D eigenvalue weighted by Crippen LogP contribution is -2.50. The first-order valence-electron chi connectivity index (χ1n) is 8.79. The van der Waals surface area contributed by atoms with Gasteiger partial charge in [-0.3, -0.25) is 14.5 Å². The highest BCUT2D eigenvalue weighted by atomic mass is 16.4. The Morgan fingerprint density at radius 2 is 2.00 bits per heavy atom. The number of amides is 2. The van der Waals surface area contributed by atoms with Gasteiger partial charge in [0.15, 0.2) is 0 Å². The highest BCUT2D eigenvalue weighted by molar-refractivity contribution is 5.93. The number of hydrogen-bond acceptors (Lipinski definition) is 6. The molecular formula is C18H23N5O4. The molecule has 0 bridgehead atoms. The van der Waals surface area contributed by atoms with Gasteiger partial charge in [0.25, 0.3) is 0 Å². The number of anilines is 1. The van der Waals surface area contributed by atoms with E-state index in [9.17, 15) is 14.4 Å². The topological polar surface area (TPSA) is 106 Å². The van der Waals surface area contributed by atoms with Gasteiger partial charge in [-0.15, -0.1) is 0 Å². The summed E-state index contributed by atoms with van der Waals surface area (Å²) in [7, 11) is 2.03. The standard InChI is InChI=1S/C18H23N5O4/c1-21-4-6-23(7-5-21)16(25)12-22-10-14-8-13(2-3-17(26)27)9-19-18(14)20-15(24)11-22/h2-3,8-9H,4-7,10-12H2,1H3,(H,26,27)(H,19,20,24)/b3-2+. The first-order valence-corrected chi connectivity index (χ1v) is 8.79. The third kappa shape index (κ3) is 5.11. The molecule has 3 heterocycles. The van der Waals surface area contributed by atoms with Crippen molar-refractivity contribution in [3.8, 4) is 0 Å². The predicted octanol–water partition coefficient (Wildman–Crippen LogP) is -0.292. The average Bonchev–Trinajstić information content (AvgIpc) is 2.77. The molecule has 2 aliphatic heterocycles. The number of aromatic nitrogens is 1. The smallest absolute Gasteiger partial charge is 0.328 e. The molecule has 144 valence electrons. The molecule has 9 heteroatoms. The summed E-state index contributed by atoms with van der Waals surface area (Å²) in [5, 5.41) is 11.5. The van der Waals surface area contributed by atoms with Crippen molar-refractivity contribution in [1.82, 2.24) is 19.7 Å². The number of pyridine rings is 1. The van der Waals surface area contributed by atoms with E-state index in [1.807, 2.05) is 11.9 Å². The van der Waals surface area contributed by atoms with Gasteiger partial charge in [-0.1, -0.05) is 0 Å². The molecule has 1 fully saturated rings. The average molecular weight is 373 g/mol. The zero-order valence-corrected chi connectivity index (χ0v) is 15.2. The summed E-state index contributed by atoms with van der Waals surface area (Å²) in [6.07, 6.45) is 3.99. The summed E-state index contributed by atoms with van der Waals surface area (Å²) in [4.78, 5) is 45.4. The molecule has 2 aliphatic rings. The van der Waals surface area contributed by atoms with E-state index >= 15 is 0 Å². The van der Waals surface area contributed by atoms with Gasteiger partial charge in [0.1, 0.15) is 5.82 Å². The van der Waals surface area contributed by atoms with E-state index in [2.05, 4.69) is 15.2 Å². The van der Waals surface area contributed by atoms with Crippen molar-refractivity contribution in [1.29, 1.82) is 0 Å². The second-order valence-electron chi connectivity index (χ2n) is 6.83. The number of nitrogens with zero attached hydrogens (tertiary/aromatic N) is 4. The number of rotatable bonds is 4. The van der Waals surface area contributed by atoms with Crippen LogP contribution in [-0.2, 0) is 20.9 Å². The van der Waals surface area contributed by atoms with Gasteiger partial charge in [0.2, 0.25) is 11.8 Å². The van der Waals surface area contributed by atoms with Crippen LogP contribution in [0, 0.1) is 0 Å². The molecule has 2 amide bonds. The Balaban J connectivity index is 1.71. The number of carbonyl (C=O) groups excluding carboxylic acids is 2. The molecule has 9 nitrogen and oxygen atoms in total. The molecule has 0 saturated carbocycles. The van der Waals surface area contributed by atoms with Crippen LogP contribution in [0.25, 0.3) is 6.08 Å². The third-order valence-corrected chi connectivity index (χ3v) is 4.64. The molecule has 3 rings (SSSR count). The number of aliphatic carboxylic acids is 1. The van der Waals surface area contributed by atoms with Crippen LogP contribution in [0.1, 0.15) is 11.1 Å². The number of nitrogens with one attached hydrogen (secondary N) is 1. The normalized spacial score (nSPS) is 18.9. The minimum absolute atomic E-state index is 0.00855. The molecule has 0 aliphatic carbocycles. The quantitative estimate of drug-likeness (QED) is 0.699. The summed E-state index contributed by atoms with van der Waals surface area (Å²) in [6.45, 7) is 3.73. The van der Waals surface area contributed by atoms with Crippen LogP contribution in [0.5, 0.6) is 0 Å². The van der Waals surface area contributed by atoms with Crippen molar-refractivity contribution in [2.24, 2.45) is 0 Å². The van der Waals surface area contributed by atoms with E-state index in [1.54, 1.807) is 11.0 Å². The van der Waals surface area contributed by atoms with Crippen LogP contribution >= 0.6 is 0 Å². The van der Waals surface area contributed by atoms with Gasteiger partial charge in [-0.05, 0) is 24.8 Å². The maximum Gasteiger partial charge on any atom is 0.328 e. The van der Waals surface area contributed by atoms with Crippen LogP contribution < -0.4 is 5.32 Å². The number of carboxylic acid groups (broad SMARTS) is 1. The lowest BCUT2D eigenvalue weighted by atomic mass is 10.1. The molecule has 1 saturated heterocycles. The summed E-state index contributed by atoms with van der Waals surface area (Å²) < 4.78 is 0. The van der Waals surface area contributed by atoms with Crippen LogP contribution in [0.15, 0.2) is 18.3 Å². The first kappa shape index (κ1) is 19.0. The highest BCUT2D eigenvalue weighted by Gasteiger charge is 2.25. The third-order valence-electron chi connectivity index (χ3n) is 4.64. The van der Waals surface area contributed by atoms with Gasteiger partial charge in [0.05, 0.1) is 13.1 Å². The fourth-order valence-electron chi connectivity index (χ4n) is 3.15. The molecule has 0 aromatic carbocycles. The van der Waals surface area contributed by atoms with E-state index in [-0.39, 0.29) is 24.9 Å². The first-order chi connectivity index (χ1) is 12.9. The molecule has 27 heavy (non-hydrogen) atoms. The zero-order chi connectivity index (χ0) is 19.4. The monoisotopic (exact) mass is 373 g/mol. The van der Waals surface area contributed by atoms with Crippen molar-refractivity contribution in [2.75, 3.05) is 51.6 Å². The molecule has 0 unspecified atom stereocenters. The Kier molecular flexibility index (Phi) is 5.82. The van der Waals surface area contributed by atoms with Crippen LogP contribution in [0.4, 0.5) is 5.82 Å². The summed E-state index contributed by atoms with van der Waals surface area (Å²) >= 11 is 0. The fourth-order valence-corrected chi connectivity index (χ4v) is 3.15. The molecule has 1 aromatic rings. The van der Waals surface area contributed by atoms with Crippen molar-refractivity contribution in [3.05, 3.63) is 29.5 Å². The second kappa shape index (κ2) is 8.28. The van der Waals surface area contributed by atoms with Crippen molar-refractivity contribution in [3.63, 3.8) is 0 Å². The molecule has 0 radical (unpaired) electrons. The van der Waals surface area contributed by atoms with Gasteiger partial charge in [0, 0.05) is 50.6 Å². The molecule has 0 spiro atoms. The number of piperazine rings is 1. The number of likely N-dealkylation sites (N-methyl/N-ethyl adjacent to an activating group) is 1. The predicted molar refractivity (Wildman–Crippen MR) is 98.9 cm³/mol. The Bertz CT molecular complexity index is 771. The second-order valence-corrected chi connectivity index (χ2v) is 6.83. The minimum atomic E-state index is -1.04. The van der Waals surface area contributed by atoms with Crippen molar-refractivity contribution in [2.45, 2.75) is 6.54 Å². The summed E-state index contributed by atoms with van der Waals surface area (Å²) in [6, 6.07) is 1.78. The Hall–Kier alpha value is -2.78. The van der Waals surface area contributed by atoms with Crippen LogP contribution in [0.3, 0.4) is 0 Å². The number of hydrogen-bond donors (Lipinski definition) is 2. The van der Waals surface area contributed by atoms with Crippen LogP contribution in [0.2, 0.25) is 0 Å². The highest BCUT2D eigenvalue weighted by Crippen LogP contribution is 2.20. The van der Waals surface area contributed by atoms with Gasteiger partial charge < -0.3 is 20.2 Å². The van der Waals surface area contributed by atoms with Gasteiger partial charge >= 0.3 is 5.97 Å². The Labute approximate surface area is 157 Å². The molecule has 1 aromatic heterocycles. The Morgan fingerprint density at radius 3 is 2.70 bits per heavy atom. The lowest BCUT2D eigenvalue weighted by molar-refractivity contribution is -0.134. The maximum atomic E-state index is 12.6. The number of carbonyl (C=O) groups is 3. The van der Waals surface area contributed by atoms with Gasteiger partial charge in [-0.2, -0.15) is 0 Å². The maximum absolute atomic E-state index is 12.6. The largest absolute Gasteiger partial charge is 0.478 e. The number of fused-ring (bicyclic) bond motifs is 1. The zero-order valence-electron chi connectivity index (χ0n) is 15.2. The SMILES string of the molecule is CN1CCN(C(=O)CN2CC(=O)Nc3ncc(/C=C/C(=O)O)cc3C2)CC1. The van der Waals surface area contributed by atoms with E-state index in [0.717, 1.165) is 24.7 Å². The van der Waals surface area contributed by atoms with Gasteiger partial charge in [-0.25, -0.2) is 9.78 Å². The van der Waals surface area contributed by atoms with Crippen LogP contribution in [-0.4, -0.2) is 88.9 Å². The fraction of sp³-hybridized carbons (Fsp3) is 0.444. The minimum Gasteiger partial charge on any atom is -0.478 e. The molecule has 0 atom stereocenters. The Morgan fingerprint density at radius 1 is 1.26 bits per heavy atom. The number of carboxylic acids is 1. The van der Waals surface area contributed by atoms with E-state index in [1.165, 1.54) is 12.3 Å². The summed E-state index contributed by atoms with van der Waals surface area (Å²) in [5.41, 5.74) is 1.37. The molecular weight excluding hydrogens is 350 g/mol. The summed E-state index contributed by atoms with van der Waals surface area (Å²) in [5.74, 6) is -0.810. The van der Waals surface area contributed by atoms with E-state index in [4.69, 9.17) is 5.11 Å². The lowest BCUT2D eigenvalue weighted by Gasteiger charge is -2.33.